The van der Waals surface area contributed by atoms with Crippen molar-refractivity contribution in [2.75, 3.05) is 13.2 Å². The van der Waals surface area contributed by atoms with Crippen molar-refractivity contribution in [1.29, 1.82) is 0 Å². The zero-order valence-electron chi connectivity index (χ0n) is 8.52. The Morgan fingerprint density at radius 3 is 2.43 bits per heavy atom. The molecule has 2 fully saturated rings. The molecule has 0 aromatic heterocycles. The normalized spacial score (nSPS) is 37.6. The largest absolute Gasteiger partial charge is 0.437 e. The van der Waals surface area contributed by atoms with Crippen LogP contribution < -0.4 is 0 Å². The van der Waals surface area contributed by atoms with Crippen LogP contribution in [0.3, 0.4) is 0 Å². The third kappa shape index (κ3) is 1.68. The van der Waals surface area contributed by atoms with Crippen LogP contribution in [0, 0.1) is 18.3 Å². The number of piperidine rings is 1. The molecule has 0 aromatic carbocycles. The summed E-state index contributed by atoms with van der Waals surface area (Å²) >= 11 is 0. The molecule has 0 aliphatic carbocycles. The molecule has 2 saturated heterocycles. The van der Waals surface area contributed by atoms with Gasteiger partial charge in [0.1, 0.15) is 0 Å². The van der Waals surface area contributed by atoms with Crippen molar-refractivity contribution in [1.82, 2.24) is 4.81 Å². The molecule has 0 aromatic rings. The minimum Gasteiger partial charge on any atom is -0.437 e. The molecule has 4 heteroatoms. The lowest BCUT2D eigenvalue weighted by Gasteiger charge is -2.48. The number of fused-ring (bicyclic) bond motifs is 2. The molecule has 0 saturated carbocycles. The summed E-state index contributed by atoms with van der Waals surface area (Å²) in [5.41, 5.74) is 0. The molecule has 2 rings (SSSR count). The van der Waals surface area contributed by atoms with E-state index in [1.807, 2.05) is 6.82 Å². The summed E-state index contributed by atoms with van der Waals surface area (Å²) in [6.45, 7) is 3.24. The quantitative estimate of drug-likeness (QED) is 0.477. The molecule has 2 bridgehead atoms. The molecular weight excluding hydrogens is 177 g/mol. The van der Waals surface area contributed by atoms with Crippen LogP contribution in [-0.2, 0) is 4.74 Å². The van der Waals surface area contributed by atoms with Gasteiger partial charge in [0.2, 0.25) is 0 Å². The Balaban J connectivity index is 2.12. The number of terminal acetylenes is 1. The lowest BCUT2D eigenvalue weighted by Crippen LogP contribution is -2.61. The summed E-state index contributed by atoms with van der Waals surface area (Å²) in [5, 5.41) is 9.66. The van der Waals surface area contributed by atoms with E-state index in [1.165, 1.54) is 0 Å². The van der Waals surface area contributed by atoms with Gasteiger partial charge in [-0.25, -0.2) is 0 Å². The van der Waals surface area contributed by atoms with Crippen LogP contribution >= 0.6 is 0 Å². The number of nitrogens with zero attached hydrogens (tertiary/aromatic N) is 1. The summed E-state index contributed by atoms with van der Waals surface area (Å²) in [6, 6.07) is 0.618. The van der Waals surface area contributed by atoms with Gasteiger partial charge < -0.3 is 14.6 Å². The molecule has 2 aliphatic heterocycles. The van der Waals surface area contributed by atoms with Crippen molar-refractivity contribution < 1.29 is 9.76 Å². The van der Waals surface area contributed by atoms with Crippen LogP contribution in [0.15, 0.2) is 0 Å². The fourth-order valence-corrected chi connectivity index (χ4v) is 2.69. The van der Waals surface area contributed by atoms with E-state index >= 15 is 0 Å². The standard InChI is InChI=1S/C10H16BNO2/c1-3-8-4-9-6-14-7-10(5-8)12(9)11(2)13/h1,8-10,13H,4-7H2,2H3. The second-order valence-electron chi connectivity index (χ2n) is 4.26. The van der Waals surface area contributed by atoms with Gasteiger partial charge in [-0.05, 0) is 19.7 Å². The van der Waals surface area contributed by atoms with E-state index in [0.717, 1.165) is 12.8 Å². The first-order chi connectivity index (χ1) is 6.72. The first-order valence-corrected chi connectivity index (χ1v) is 5.21. The van der Waals surface area contributed by atoms with Gasteiger partial charge >= 0.3 is 7.05 Å². The number of morpholine rings is 1. The molecule has 3 nitrogen and oxygen atoms in total. The zero-order chi connectivity index (χ0) is 10.1. The number of ether oxygens (including phenoxy) is 1. The van der Waals surface area contributed by atoms with E-state index < -0.39 is 0 Å². The molecule has 76 valence electrons. The van der Waals surface area contributed by atoms with Crippen molar-refractivity contribution in [3.05, 3.63) is 0 Å². The molecule has 14 heavy (non-hydrogen) atoms. The van der Waals surface area contributed by atoms with Gasteiger partial charge in [-0.15, -0.1) is 12.3 Å². The fourth-order valence-electron chi connectivity index (χ4n) is 2.69. The molecule has 0 amide bonds. The second kappa shape index (κ2) is 3.94. The predicted molar refractivity (Wildman–Crippen MR) is 55.6 cm³/mol. The van der Waals surface area contributed by atoms with Gasteiger partial charge in [0.15, 0.2) is 0 Å². The molecule has 1 N–H and O–H groups in total. The Morgan fingerprint density at radius 1 is 1.43 bits per heavy atom. The molecule has 2 unspecified atom stereocenters. The van der Waals surface area contributed by atoms with E-state index in [9.17, 15) is 5.02 Å². The highest BCUT2D eigenvalue weighted by atomic mass is 16.5. The minimum atomic E-state index is -0.382. The fraction of sp³-hybridized carbons (Fsp3) is 0.800. The van der Waals surface area contributed by atoms with Crippen LogP contribution in [0.5, 0.6) is 0 Å². The van der Waals surface area contributed by atoms with Crippen molar-refractivity contribution in [2.45, 2.75) is 31.7 Å². The Labute approximate surface area is 85.6 Å². The highest BCUT2D eigenvalue weighted by Crippen LogP contribution is 2.31. The minimum absolute atomic E-state index is 0.309. The maximum absolute atomic E-state index is 9.66. The summed E-state index contributed by atoms with van der Waals surface area (Å²) in [4.78, 5) is 2.15. The number of rotatable bonds is 1. The maximum Gasteiger partial charge on any atom is 0.377 e. The molecule has 0 spiro atoms. The summed E-state index contributed by atoms with van der Waals surface area (Å²) in [5.74, 6) is 3.19. The Bertz CT molecular complexity index is 237. The van der Waals surface area contributed by atoms with E-state index in [2.05, 4.69) is 10.7 Å². The Hall–Kier alpha value is -0.495. The number of hydrogen-bond donors (Lipinski definition) is 1. The highest BCUT2D eigenvalue weighted by Gasteiger charge is 2.41. The first kappa shape index (κ1) is 10.0. The third-order valence-corrected chi connectivity index (χ3v) is 3.24. The zero-order valence-corrected chi connectivity index (χ0v) is 8.52. The molecule has 2 aliphatic rings. The first-order valence-electron chi connectivity index (χ1n) is 5.21. The summed E-state index contributed by atoms with van der Waals surface area (Å²) in [7, 11) is -0.382. The van der Waals surface area contributed by atoms with Crippen LogP contribution in [0.25, 0.3) is 0 Å². The Kier molecular flexibility index (Phi) is 2.82. The highest BCUT2D eigenvalue weighted by molar-refractivity contribution is 6.45. The lowest BCUT2D eigenvalue weighted by molar-refractivity contribution is -0.0472. The lowest BCUT2D eigenvalue weighted by atomic mass is 9.73. The van der Waals surface area contributed by atoms with Crippen molar-refractivity contribution in [2.24, 2.45) is 5.92 Å². The van der Waals surface area contributed by atoms with E-state index in [1.54, 1.807) is 0 Å². The molecule has 2 heterocycles. The average molecular weight is 193 g/mol. The topological polar surface area (TPSA) is 32.7 Å². The van der Waals surface area contributed by atoms with Crippen molar-refractivity contribution in [3.8, 4) is 12.3 Å². The SMILES string of the molecule is C#CC1CC2COCC(C1)N2B(C)O. The van der Waals surface area contributed by atoms with E-state index in [4.69, 9.17) is 11.2 Å². The smallest absolute Gasteiger partial charge is 0.377 e. The maximum atomic E-state index is 9.66. The molecular formula is C10H16BNO2. The van der Waals surface area contributed by atoms with Gasteiger partial charge in [0, 0.05) is 18.0 Å². The van der Waals surface area contributed by atoms with Crippen LogP contribution in [0.2, 0.25) is 6.82 Å². The average Bonchev–Trinajstić information content (AvgIpc) is 2.15. The van der Waals surface area contributed by atoms with Gasteiger partial charge in [-0.2, -0.15) is 0 Å². The van der Waals surface area contributed by atoms with Crippen LogP contribution in [0.4, 0.5) is 0 Å². The van der Waals surface area contributed by atoms with Crippen LogP contribution in [0.1, 0.15) is 12.8 Å². The predicted octanol–water partition coefficient (Wildman–Crippen LogP) is 0.209. The van der Waals surface area contributed by atoms with Gasteiger partial charge in [-0.3, -0.25) is 0 Å². The van der Waals surface area contributed by atoms with E-state index in [-0.39, 0.29) is 7.05 Å². The van der Waals surface area contributed by atoms with E-state index in [0.29, 0.717) is 31.2 Å². The van der Waals surface area contributed by atoms with Crippen molar-refractivity contribution in [3.63, 3.8) is 0 Å². The Morgan fingerprint density at radius 2 is 2.00 bits per heavy atom. The van der Waals surface area contributed by atoms with Gasteiger partial charge in [-0.1, -0.05) is 0 Å². The molecule has 0 radical (unpaired) electrons. The van der Waals surface area contributed by atoms with Gasteiger partial charge in [0.05, 0.1) is 13.2 Å². The second-order valence-corrected chi connectivity index (χ2v) is 4.26. The number of hydrogen-bond acceptors (Lipinski definition) is 3. The van der Waals surface area contributed by atoms with Crippen molar-refractivity contribution >= 4 is 7.05 Å². The summed E-state index contributed by atoms with van der Waals surface area (Å²) < 4.78 is 5.49. The monoisotopic (exact) mass is 193 g/mol. The van der Waals surface area contributed by atoms with Crippen LogP contribution in [-0.4, -0.2) is 42.2 Å². The summed E-state index contributed by atoms with van der Waals surface area (Å²) in [6.07, 6.45) is 7.37. The van der Waals surface area contributed by atoms with Gasteiger partial charge in [0.25, 0.3) is 0 Å². The third-order valence-electron chi connectivity index (χ3n) is 3.24. The molecule has 2 atom stereocenters.